The molecule has 0 saturated carbocycles. The number of aromatic nitrogens is 2. The Morgan fingerprint density at radius 2 is 1.85 bits per heavy atom. The van der Waals surface area contributed by atoms with E-state index in [1.807, 2.05) is 0 Å². The molecular weight excluding hydrogens is 483 g/mol. The molecule has 34 heavy (non-hydrogen) atoms. The first-order chi connectivity index (χ1) is 16.1. The first-order valence-electron chi connectivity index (χ1n) is 9.69. The molecule has 0 bridgehead atoms. The zero-order valence-corrected chi connectivity index (χ0v) is 19.5. The van der Waals surface area contributed by atoms with Gasteiger partial charge in [-0.3, -0.25) is 10.1 Å². The molecule has 0 radical (unpaired) electrons. The number of nitrogens with one attached hydrogen (secondary N) is 1. The van der Waals surface area contributed by atoms with Crippen LogP contribution in [0.1, 0.15) is 29.8 Å². The fourth-order valence-corrected chi connectivity index (χ4v) is 4.18. The minimum atomic E-state index is -3.70. The molecule has 0 aliphatic heterocycles. The number of amides is 1. The Morgan fingerprint density at radius 3 is 2.47 bits per heavy atom. The number of carbonyl (C=O) groups excluding carboxylic acids is 2. The second-order valence-corrected chi connectivity index (χ2v) is 10.2. The highest BCUT2D eigenvalue weighted by Crippen LogP contribution is 2.20. The van der Waals surface area contributed by atoms with Crippen molar-refractivity contribution in [1.29, 1.82) is 5.26 Å². The van der Waals surface area contributed by atoms with Crippen molar-refractivity contribution < 1.29 is 27.1 Å². The minimum Gasteiger partial charge on any atom is -0.423 e. The Kier molecular flexibility index (Phi) is 7.50. The number of sulfone groups is 1. The van der Waals surface area contributed by atoms with Gasteiger partial charge in [0.15, 0.2) is 0 Å². The van der Waals surface area contributed by atoms with Crippen LogP contribution in [0, 0.1) is 17.1 Å². The Balaban J connectivity index is 1.70. The number of hydrogen-bond donors (Lipinski definition) is 1. The second kappa shape index (κ2) is 10.3. The predicted molar refractivity (Wildman–Crippen MR) is 122 cm³/mol. The maximum Gasteiger partial charge on any atom is 0.346 e. The number of hydrogen-bond acceptors (Lipinski definition) is 9. The van der Waals surface area contributed by atoms with E-state index in [2.05, 4.69) is 14.7 Å². The van der Waals surface area contributed by atoms with Gasteiger partial charge in [0, 0.05) is 11.5 Å². The van der Waals surface area contributed by atoms with Crippen LogP contribution in [0.2, 0.25) is 0 Å². The second-order valence-electron chi connectivity index (χ2n) is 7.04. The van der Waals surface area contributed by atoms with Gasteiger partial charge in [0.1, 0.15) is 23.2 Å². The summed E-state index contributed by atoms with van der Waals surface area (Å²) in [5.74, 6) is -2.24. The highest BCUT2D eigenvalue weighted by atomic mass is 32.2. The smallest absolute Gasteiger partial charge is 0.346 e. The van der Waals surface area contributed by atoms with Crippen LogP contribution in [0.4, 0.5) is 9.52 Å². The van der Waals surface area contributed by atoms with Crippen molar-refractivity contribution >= 4 is 44.5 Å². The highest BCUT2D eigenvalue weighted by Gasteiger charge is 2.25. The lowest BCUT2D eigenvalue weighted by Gasteiger charge is -2.05. The first kappa shape index (κ1) is 24.7. The normalized spacial score (nSPS) is 11.7. The molecule has 0 spiro atoms. The van der Waals surface area contributed by atoms with Gasteiger partial charge in [-0.2, -0.15) is 14.6 Å². The van der Waals surface area contributed by atoms with E-state index >= 15 is 0 Å². The van der Waals surface area contributed by atoms with Gasteiger partial charge in [-0.15, -0.1) is 0 Å². The van der Waals surface area contributed by atoms with Crippen molar-refractivity contribution in [3.05, 3.63) is 71.0 Å². The highest BCUT2D eigenvalue weighted by molar-refractivity contribution is 7.91. The van der Waals surface area contributed by atoms with Crippen LogP contribution in [0.5, 0.6) is 5.75 Å². The van der Waals surface area contributed by atoms with Gasteiger partial charge in [-0.1, -0.05) is 24.3 Å². The third kappa shape index (κ3) is 5.69. The van der Waals surface area contributed by atoms with Gasteiger partial charge in [-0.25, -0.2) is 17.6 Å². The number of benzene rings is 2. The van der Waals surface area contributed by atoms with Crippen molar-refractivity contribution in [3.8, 4) is 11.8 Å². The number of carbonyl (C=O) groups is 2. The molecule has 0 aliphatic carbocycles. The minimum absolute atomic E-state index is 0.0687. The number of nitriles is 1. The van der Waals surface area contributed by atoms with Crippen LogP contribution in [0.3, 0.4) is 0 Å². The SMILES string of the molecule is CC(C)S(=O)(=O)c1nsc(NC(=O)C(C#N)=Cc2ccc(OC(=O)c3ccccc3F)cc2)n1. The summed E-state index contributed by atoms with van der Waals surface area (Å²) in [6, 6.07) is 13.0. The van der Waals surface area contributed by atoms with Crippen molar-refractivity contribution in [2.75, 3.05) is 5.32 Å². The summed E-state index contributed by atoms with van der Waals surface area (Å²) >= 11 is 0.679. The summed E-state index contributed by atoms with van der Waals surface area (Å²) in [5.41, 5.74) is -0.0479. The molecule has 0 aliphatic rings. The van der Waals surface area contributed by atoms with E-state index in [0.717, 1.165) is 6.07 Å². The third-order valence-corrected chi connectivity index (χ3v) is 7.04. The lowest BCUT2D eigenvalue weighted by molar-refractivity contribution is -0.112. The van der Waals surface area contributed by atoms with E-state index in [9.17, 15) is 27.7 Å². The van der Waals surface area contributed by atoms with Gasteiger partial charge in [-0.05, 0) is 49.8 Å². The number of rotatable bonds is 7. The summed E-state index contributed by atoms with van der Waals surface area (Å²) in [4.78, 5) is 28.3. The lowest BCUT2D eigenvalue weighted by atomic mass is 10.1. The summed E-state index contributed by atoms with van der Waals surface area (Å²) in [5, 5.41) is 10.5. The molecule has 1 amide bonds. The maximum absolute atomic E-state index is 13.7. The van der Waals surface area contributed by atoms with Crippen LogP contribution in [0.25, 0.3) is 6.08 Å². The summed E-state index contributed by atoms with van der Waals surface area (Å²) < 4.78 is 46.8. The molecule has 0 fully saturated rings. The third-order valence-electron chi connectivity index (χ3n) is 4.36. The largest absolute Gasteiger partial charge is 0.423 e. The number of ether oxygens (including phenoxy) is 1. The maximum atomic E-state index is 13.7. The van der Waals surface area contributed by atoms with Crippen molar-refractivity contribution in [1.82, 2.24) is 9.36 Å². The van der Waals surface area contributed by atoms with E-state index in [1.54, 1.807) is 6.07 Å². The van der Waals surface area contributed by atoms with Gasteiger partial charge in [0.25, 0.3) is 11.1 Å². The Morgan fingerprint density at radius 1 is 1.18 bits per heavy atom. The van der Waals surface area contributed by atoms with E-state index < -0.39 is 37.9 Å². The number of esters is 1. The van der Waals surface area contributed by atoms with E-state index in [0.29, 0.717) is 17.1 Å². The fraction of sp³-hybridized carbons (Fsp3) is 0.136. The van der Waals surface area contributed by atoms with Crippen LogP contribution in [-0.4, -0.2) is 34.9 Å². The zero-order valence-electron chi connectivity index (χ0n) is 17.9. The van der Waals surface area contributed by atoms with Gasteiger partial charge >= 0.3 is 5.97 Å². The van der Waals surface area contributed by atoms with Crippen molar-refractivity contribution in [2.45, 2.75) is 24.3 Å². The van der Waals surface area contributed by atoms with E-state index in [1.165, 1.54) is 62.4 Å². The average molecular weight is 501 g/mol. The molecule has 1 N–H and O–H groups in total. The number of halogens is 1. The standard InChI is InChI=1S/C22H17FN4O5S2/c1-13(2)34(30,31)22-26-21(33-27-22)25-19(28)15(12-24)11-14-7-9-16(10-8-14)32-20(29)17-5-3-4-6-18(17)23/h3-11,13H,1-2H3,(H,25,26,27,28). The van der Waals surface area contributed by atoms with Crippen LogP contribution < -0.4 is 10.1 Å². The average Bonchev–Trinajstić information content (AvgIpc) is 3.27. The molecule has 1 heterocycles. The van der Waals surface area contributed by atoms with E-state index in [-0.39, 0.29) is 22.0 Å². The molecule has 3 aromatic rings. The summed E-state index contributed by atoms with van der Waals surface area (Å²) in [7, 11) is -3.70. The predicted octanol–water partition coefficient (Wildman–Crippen LogP) is 3.62. The molecule has 2 aromatic carbocycles. The molecule has 0 saturated heterocycles. The Bertz CT molecular complexity index is 1410. The van der Waals surface area contributed by atoms with Gasteiger partial charge in [0.2, 0.25) is 15.0 Å². The molecule has 174 valence electrons. The monoisotopic (exact) mass is 500 g/mol. The van der Waals surface area contributed by atoms with Gasteiger partial charge < -0.3 is 4.74 Å². The number of nitrogens with zero attached hydrogens (tertiary/aromatic N) is 3. The summed E-state index contributed by atoms with van der Waals surface area (Å²) in [6.07, 6.45) is 1.28. The Labute approximate surface area is 198 Å². The van der Waals surface area contributed by atoms with Crippen LogP contribution >= 0.6 is 11.5 Å². The molecular formula is C22H17FN4O5S2. The topological polar surface area (TPSA) is 139 Å². The van der Waals surface area contributed by atoms with Gasteiger partial charge in [0.05, 0.1) is 10.8 Å². The quantitative estimate of drug-likeness (QED) is 0.225. The van der Waals surface area contributed by atoms with E-state index in [4.69, 9.17) is 4.74 Å². The lowest BCUT2D eigenvalue weighted by Crippen LogP contribution is -2.16. The van der Waals surface area contributed by atoms with Crippen LogP contribution in [-0.2, 0) is 14.6 Å². The molecule has 12 heteroatoms. The van der Waals surface area contributed by atoms with Crippen molar-refractivity contribution in [3.63, 3.8) is 0 Å². The molecule has 0 unspecified atom stereocenters. The molecule has 0 atom stereocenters. The zero-order chi connectivity index (χ0) is 24.9. The first-order valence-corrected chi connectivity index (χ1v) is 12.0. The fourth-order valence-electron chi connectivity index (χ4n) is 2.49. The molecule has 3 rings (SSSR count). The summed E-state index contributed by atoms with van der Waals surface area (Å²) in [6.45, 7) is 2.97. The Hall–Kier alpha value is -3.95. The molecule has 9 nitrogen and oxygen atoms in total. The molecule has 1 aromatic heterocycles. The van der Waals surface area contributed by atoms with Crippen LogP contribution in [0.15, 0.2) is 59.3 Å². The van der Waals surface area contributed by atoms with Crippen molar-refractivity contribution in [2.24, 2.45) is 0 Å². The number of anilines is 1.